The van der Waals surface area contributed by atoms with Crippen LogP contribution in [0.4, 0.5) is 0 Å². The van der Waals surface area contributed by atoms with Gasteiger partial charge in [-0.2, -0.15) is 5.10 Å². The summed E-state index contributed by atoms with van der Waals surface area (Å²) in [5.41, 5.74) is 0.952. The van der Waals surface area contributed by atoms with Crippen molar-refractivity contribution in [2.75, 3.05) is 27.2 Å². The van der Waals surface area contributed by atoms with Crippen molar-refractivity contribution in [1.29, 1.82) is 0 Å². The van der Waals surface area contributed by atoms with Crippen LogP contribution in [-0.4, -0.2) is 53.7 Å². The van der Waals surface area contributed by atoms with Crippen molar-refractivity contribution in [2.24, 2.45) is 4.99 Å². The first-order valence-corrected chi connectivity index (χ1v) is 8.36. The summed E-state index contributed by atoms with van der Waals surface area (Å²) in [7, 11) is 3.48. The van der Waals surface area contributed by atoms with Crippen molar-refractivity contribution in [3.8, 4) is 0 Å². The molecule has 0 unspecified atom stereocenters. The molecule has 2 N–H and O–H groups in total. The number of guanidine groups is 1. The average molecular weight is 448 g/mol. The third kappa shape index (κ3) is 6.29. The van der Waals surface area contributed by atoms with Gasteiger partial charge in [0.2, 0.25) is 5.91 Å². The molecule has 1 aliphatic carbocycles. The highest BCUT2D eigenvalue weighted by molar-refractivity contribution is 14.0. The number of hydrogen-bond acceptors (Lipinski definition) is 3. The molecule has 1 amide bonds. The fourth-order valence-electron chi connectivity index (χ4n) is 2.65. The van der Waals surface area contributed by atoms with E-state index in [2.05, 4.69) is 31.6 Å². The molecular weight excluding hydrogens is 419 g/mol. The van der Waals surface area contributed by atoms with E-state index in [1.54, 1.807) is 19.0 Å². The molecule has 0 aromatic carbocycles. The molecule has 136 valence electrons. The number of rotatable bonds is 6. The smallest absolute Gasteiger partial charge is 0.241 e. The number of nitrogens with one attached hydrogen (secondary N) is 2. The Balaban J connectivity index is 0.00000288. The second kappa shape index (κ2) is 10.5. The lowest BCUT2D eigenvalue weighted by Gasteiger charge is -2.14. The molecule has 0 radical (unpaired) electrons. The van der Waals surface area contributed by atoms with Gasteiger partial charge in [0.15, 0.2) is 5.96 Å². The van der Waals surface area contributed by atoms with E-state index in [9.17, 15) is 4.79 Å². The lowest BCUT2D eigenvalue weighted by molar-refractivity contribution is -0.127. The van der Waals surface area contributed by atoms with Gasteiger partial charge in [-0.3, -0.25) is 9.48 Å². The summed E-state index contributed by atoms with van der Waals surface area (Å²) in [6.45, 7) is 3.48. The van der Waals surface area contributed by atoms with E-state index >= 15 is 0 Å². The van der Waals surface area contributed by atoms with E-state index in [4.69, 9.17) is 0 Å². The summed E-state index contributed by atoms with van der Waals surface area (Å²) >= 11 is 0. The number of aliphatic imine (C=N–C) groups is 1. The van der Waals surface area contributed by atoms with Gasteiger partial charge >= 0.3 is 0 Å². The minimum Gasteiger partial charge on any atom is -0.357 e. The summed E-state index contributed by atoms with van der Waals surface area (Å²) in [6.07, 6.45) is 7.10. The van der Waals surface area contributed by atoms with Gasteiger partial charge in [-0.1, -0.05) is 12.8 Å². The molecule has 2 rings (SSSR count). The number of amides is 1. The van der Waals surface area contributed by atoms with Crippen LogP contribution in [0.5, 0.6) is 0 Å². The minimum absolute atomic E-state index is 0. The zero-order valence-corrected chi connectivity index (χ0v) is 17.1. The quantitative estimate of drug-likeness (QED) is 0.395. The van der Waals surface area contributed by atoms with Crippen LogP contribution < -0.4 is 10.6 Å². The summed E-state index contributed by atoms with van der Waals surface area (Å²) in [6, 6.07) is 2.58. The zero-order valence-electron chi connectivity index (χ0n) is 14.8. The van der Waals surface area contributed by atoms with Crippen LogP contribution in [0.15, 0.2) is 17.3 Å². The largest absolute Gasteiger partial charge is 0.357 e. The number of carbonyl (C=O) groups is 1. The van der Waals surface area contributed by atoms with Gasteiger partial charge in [-0.25, -0.2) is 4.99 Å². The van der Waals surface area contributed by atoms with Crippen molar-refractivity contribution < 1.29 is 4.79 Å². The first kappa shape index (κ1) is 20.7. The Labute approximate surface area is 161 Å². The normalized spacial score (nSPS) is 15.0. The molecule has 0 bridgehead atoms. The molecule has 1 aromatic heterocycles. The van der Waals surface area contributed by atoms with E-state index in [1.165, 1.54) is 25.7 Å². The first-order chi connectivity index (χ1) is 11.1. The molecule has 1 aromatic rings. The van der Waals surface area contributed by atoms with Crippen molar-refractivity contribution in [3.05, 3.63) is 18.0 Å². The third-order valence-electron chi connectivity index (χ3n) is 4.01. The highest BCUT2D eigenvalue weighted by Gasteiger charge is 2.17. The topological polar surface area (TPSA) is 74.5 Å². The highest BCUT2D eigenvalue weighted by Crippen LogP contribution is 2.28. The Hall–Kier alpha value is -1.32. The molecule has 0 saturated heterocycles. The maximum atomic E-state index is 11.6. The first-order valence-electron chi connectivity index (χ1n) is 8.36. The molecule has 0 atom stereocenters. The molecule has 7 nitrogen and oxygen atoms in total. The Morgan fingerprint density at radius 3 is 2.71 bits per heavy atom. The molecule has 1 aliphatic rings. The molecule has 1 saturated carbocycles. The van der Waals surface area contributed by atoms with Crippen molar-refractivity contribution in [2.45, 2.75) is 45.2 Å². The molecule has 8 heteroatoms. The Morgan fingerprint density at radius 1 is 1.38 bits per heavy atom. The van der Waals surface area contributed by atoms with Crippen molar-refractivity contribution in [3.63, 3.8) is 0 Å². The van der Waals surface area contributed by atoms with E-state index in [0.717, 1.165) is 12.2 Å². The van der Waals surface area contributed by atoms with E-state index in [1.807, 2.05) is 13.0 Å². The molecule has 1 heterocycles. The summed E-state index contributed by atoms with van der Waals surface area (Å²) in [5.74, 6) is 0.652. The fraction of sp³-hybridized carbons (Fsp3) is 0.688. The maximum Gasteiger partial charge on any atom is 0.241 e. The number of aromatic nitrogens is 2. The van der Waals surface area contributed by atoms with Gasteiger partial charge in [0.1, 0.15) is 0 Å². The van der Waals surface area contributed by atoms with E-state index < -0.39 is 0 Å². The van der Waals surface area contributed by atoms with Gasteiger partial charge < -0.3 is 15.5 Å². The molecule has 0 spiro atoms. The molecule has 24 heavy (non-hydrogen) atoms. The number of hydrogen-bond donors (Lipinski definition) is 2. The van der Waals surface area contributed by atoms with Gasteiger partial charge in [-0.15, -0.1) is 24.0 Å². The van der Waals surface area contributed by atoms with Crippen LogP contribution in [0.2, 0.25) is 0 Å². The van der Waals surface area contributed by atoms with E-state index in [0.29, 0.717) is 18.5 Å². The predicted octanol–water partition coefficient (Wildman–Crippen LogP) is 1.76. The Bertz CT molecular complexity index is 536. The number of likely N-dealkylation sites (N-methyl/N-ethyl adjacent to an activating group) is 1. The standard InChI is InChI=1S/C16H28N6O.HI/c1-4-17-16(19-12-15(23)21(2)3)18-11-13-9-10-22(20-13)14-7-5-6-8-14;/h9-10,14H,4-8,11-12H2,1-3H3,(H2,17,18,19);1H. The summed E-state index contributed by atoms with van der Waals surface area (Å²) in [5, 5.41) is 10.8. The SMILES string of the molecule is CCNC(=NCc1ccn(C2CCCC2)n1)NCC(=O)N(C)C.I. The van der Waals surface area contributed by atoms with E-state index in [-0.39, 0.29) is 36.4 Å². The lowest BCUT2D eigenvalue weighted by atomic mass is 10.3. The average Bonchev–Trinajstić information content (AvgIpc) is 3.20. The van der Waals surface area contributed by atoms with Crippen molar-refractivity contribution >= 4 is 35.8 Å². The lowest BCUT2D eigenvalue weighted by Crippen LogP contribution is -2.42. The Kier molecular flexibility index (Phi) is 9.09. The monoisotopic (exact) mass is 448 g/mol. The third-order valence-corrected chi connectivity index (χ3v) is 4.01. The van der Waals surface area contributed by atoms with Crippen LogP contribution in [0.3, 0.4) is 0 Å². The van der Waals surface area contributed by atoms with Crippen LogP contribution >= 0.6 is 24.0 Å². The molecular formula is C16H29IN6O. The molecule has 1 fully saturated rings. The Morgan fingerprint density at radius 2 is 2.08 bits per heavy atom. The van der Waals surface area contributed by atoms with Gasteiger partial charge in [0.25, 0.3) is 0 Å². The van der Waals surface area contributed by atoms with Gasteiger partial charge in [0, 0.05) is 26.8 Å². The number of halogens is 1. The van der Waals surface area contributed by atoms with Crippen LogP contribution in [0.25, 0.3) is 0 Å². The van der Waals surface area contributed by atoms with Crippen LogP contribution in [0.1, 0.15) is 44.3 Å². The predicted molar refractivity (Wildman–Crippen MR) is 107 cm³/mol. The van der Waals surface area contributed by atoms with Gasteiger partial charge in [0.05, 0.1) is 24.8 Å². The van der Waals surface area contributed by atoms with Crippen LogP contribution in [-0.2, 0) is 11.3 Å². The maximum absolute atomic E-state index is 11.6. The van der Waals surface area contributed by atoms with Crippen molar-refractivity contribution in [1.82, 2.24) is 25.3 Å². The number of nitrogens with zero attached hydrogens (tertiary/aromatic N) is 4. The van der Waals surface area contributed by atoms with Gasteiger partial charge in [-0.05, 0) is 25.8 Å². The van der Waals surface area contributed by atoms with Crippen LogP contribution in [0, 0.1) is 0 Å². The second-order valence-electron chi connectivity index (χ2n) is 6.06. The fourth-order valence-corrected chi connectivity index (χ4v) is 2.65. The molecule has 0 aliphatic heterocycles. The highest BCUT2D eigenvalue weighted by atomic mass is 127. The second-order valence-corrected chi connectivity index (χ2v) is 6.06. The number of carbonyl (C=O) groups excluding carboxylic acids is 1. The summed E-state index contributed by atoms with van der Waals surface area (Å²) in [4.78, 5) is 17.7. The zero-order chi connectivity index (χ0) is 16.7. The summed E-state index contributed by atoms with van der Waals surface area (Å²) < 4.78 is 2.08. The minimum atomic E-state index is 0.